The van der Waals surface area contributed by atoms with E-state index in [1.54, 1.807) is 24.3 Å². The monoisotopic (exact) mass is 403 g/mol. The van der Waals surface area contributed by atoms with Gasteiger partial charge in [-0.25, -0.2) is 4.79 Å². The summed E-state index contributed by atoms with van der Waals surface area (Å²) in [7, 11) is 0. The smallest absolute Gasteiger partial charge is 0.327 e. The second-order valence-corrected chi connectivity index (χ2v) is 7.59. The second-order valence-electron chi connectivity index (χ2n) is 7.59. The number of esters is 1. The van der Waals surface area contributed by atoms with Crippen LogP contribution in [0.3, 0.4) is 0 Å². The predicted octanol–water partition coefficient (Wildman–Crippen LogP) is 0.920. The number of fused-ring (bicyclic) bond motifs is 2. The Morgan fingerprint density at radius 2 is 2.00 bits per heavy atom. The molecule has 0 radical (unpaired) electrons. The molecule has 2 heterocycles. The van der Waals surface area contributed by atoms with Crippen LogP contribution < -0.4 is 15.4 Å². The van der Waals surface area contributed by atoms with Crippen LogP contribution in [0.5, 0.6) is 5.75 Å². The zero-order valence-corrected chi connectivity index (χ0v) is 16.7. The molecule has 0 unspecified atom stereocenters. The van der Waals surface area contributed by atoms with Crippen molar-refractivity contribution in [1.82, 2.24) is 15.5 Å². The molecule has 2 atom stereocenters. The molecule has 29 heavy (non-hydrogen) atoms. The third kappa shape index (κ3) is 4.03. The van der Waals surface area contributed by atoms with Crippen LogP contribution in [-0.2, 0) is 24.7 Å². The summed E-state index contributed by atoms with van der Waals surface area (Å²) in [5.74, 6) is -1.03. The molecule has 2 aliphatic rings. The summed E-state index contributed by atoms with van der Waals surface area (Å²) in [6, 6.07) is 6.29. The number of nitrogens with one attached hydrogen (secondary N) is 2. The fourth-order valence-corrected chi connectivity index (χ4v) is 3.38. The van der Waals surface area contributed by atoms with Crippen molar-refractivity contribution in [3.8, 4) is 5.75 Å². The SMILES string of the molecule is CC(C)CNC(=O)[C@H](C)OC(=O)CN1C(=O)N[C@]2(CCOc3ccccc32)C1=O. The molecular weight excluding hydrogens is 378 g/mol. The van der Waals surface area contributed by atoms with Crippen LogP contribution in [0.15, 0.2) is 24.3 Å². The van der Waals surface area contributed by atoms with Gasteiger partial charge in [0.05, 0.1) is 6.61 Å². The number of nitrogens with zero attached hydrogens (tertiary/aromatic N) is 1. The van der Waals surface area contributed by atoms with Crippen LogP contribution in [0.2, 0.25) is 0 Å². The van der Waals surface area contributed by atoms with Gasteiger partial charge in [0, 0.05) is 18.5 Å². The number of ether oxygens (including phenoxy) is 2. The number of hydrogen-bond donors (Lipinski definition) is 2. The fraction of sp³-hybridized carbons (Fsp3) is 0.500. The highest BCUT2D eigenvalue weighted by molar-refractivity contribution is 6.09. The Labute approximate surface area is 168 Å². The molecule has 4 amide bonds. The van der Waals surface area contributed by atoms with Crippen molar-refractivity contribution in [1.29, 1.82) is 0 Å². The zero-order chi connectivity index (χ0) is 21.2. The van der Waals surface area contributed by atoms with Crippen molar-refractivity contribution in [2.45, 2.75) is 38.8 Å². The average molecular weight is 403 g/mol. The predicted molar refractivity (Wildman–Crippen MR) is 102 cm³/mol. The first-order valence-corrected chi connectivity index (χ1v) is 9.58. The Kier molecular flexibility index (Phi) is 5.76. The molecule has 1 saturated heterocycles. The highest BCUT2D eigenvalue weighted by Gasteiger charge is 2.55. The molecular formula is C20H25N3O6. The van der Waals surface area contributed by atoms with E-state index < -0.39 is 42.0 Å². The van der Waals surface area contributed by atoms with Crippen LogP contribution in [-0.4, -0.2) is 54.5 Å². The average Bonchev–Trinajstić information content (AvgIpc) is 2.91. The van der Waals surface area contributed by atoms with Crippen LogP contribution in [0, 0.1) is 5.92 Å². The minimum atomic E-state index is -1.26. The normalized spacial score (nSPS) is 21.4. The zero-order valence-electron chi connectivity index (χ0n) is 16.7. The molecule has 2 aliphatic heterocycles. The first-order chi connectivity index (χ1) is 13.7. The number of para-hydroxylation sites is 1. The maximum absolute atomic E-state index is 13.1. The van der Waals surface area contributed by atoms with Crippen molar-refractivity contribution < 1.29 is 28.7 Å². The lowest BCUT2D eigenvalue weighted by molar-refractivity contribution is -0.156. The molecule has 2 N–H and O–H groups in total. The Morgan fingerprint density at radius 1 is 1.28 bits per heavy atom. The maximum atomic E-state index is 13.1. The summed E-state index contributed by atoms with van der Waals surface area (Å²) in [6.45, 7) is 5.47. The molecule has 9 nitrogen and oxygen atoms in total. The van der Waals surface area contributed by atoms with E-state index in [9.17, 15) is 19.2 Å². The molecule has 156 valence electrons. The molecule has 0 aromatic heterocycles. The summed E-state index contributed by atoms with van der Waals surface area (Å²) < 4.78 is 10.7. The number of rotatable bonds is 6. The summed E-state index contributed by atoms with van der Waals surface area (Å²) in [5.41, 5.74) is -0.700. The minimum absolute atomic E-state index is 0.256. The molecule has 0 aliphatic carbocycles. The van der Waals surface area contributed by atoms with E-state index >= 15 is 0 Å². The van der Waals surface area contributed by atoms with Gasteiger partial charge in [-0.3, -0.25) is 19.3 Å². The van der Waals surface area contributed by atoms with Gasteiger partial charge in [0.1, 0.15) is 12.3 Å². The second kappa shape index (κ2) is 8.10. The van der Waals surface area contributed by atoms with E-state index in [4.69, 9.17) is 9.47 Å². The van der Waals surface area contributed by atoms with Gasteiger partial charge in [0.25, 0.3) is 11.8 Å². The minimum Gasteiger partial charge on any atom is -0.493 e. The topological polar surface area (TPSA) is 114 Å². The van der Waals surface area contributed by atoms with E-state index in [0.29, 0.717) is 17.9 Å². The molecule has 1 aromatic carbocycles. The lowest BCUT2D eigenvalue weighted by Crippen LogP contribution is -2.48. The number of imide groups is 1. The first-order valence-electron chi connectivity index (χ1n) is 9.58. The standard InChI is InChI=1S/C20H25N3O6/c1-12(2)10-21-17(25)13(3)29-16(24)11-23-18(26)20(22-19(23)27)8-9-28-15-7-5-4-6-14(15)20/h4-7,12-13H,8-11H2,1-3H3,(H,21,25)(H,22,27)/t13-,20-/m0/s1. The lowest BCUT2D eigenvalue weighted by atomic mass is 9.84. The fourth-order valence-electron chi connectivity index (χ4n) is 3.38. The van der Waals surface area contributed by atoms with Gasteiger partial charge in [0.2, 0.25) is 0 Å². The van der Waals surface area contributed by atoms with E-state index in [0.717, 1.165) is 4.90 Å². The molecule has 3 rings (SSSR count). The van der Waals surface area contributed by atoms with E-state index in [1.807, 2.05) is 13.8 Å². The highest BCUT2D eigenvalue weighted by atomic mass is 16.5. The van der Waals surface area contributed by atoms with Gasteiger partial charge < -0.3 is 20.1 Å². The molecule has 1 fully saturated rings. The molecule has 0 saturated carbocycles. The van der Waals surface area contributed by atoms with Gasteiger partial charge >= 0.3 is 12.0 Å². The van der Waals surface area contributed by atoms with Gasteiger partial charge in [-0.2, -0.15) is 0 Å². The highest BCUT2D eigenvalue weighted by Crippen LogP contribution is 2.40. The number of urea groups is 1. The van der Waals surface area contributed by atoms with E-state index in [2.05, 4.69) is 10.6 Å². The number of benzene rings is 1. The molecule has 1 spiro atoms. The summed E-state index contributed by atoms with van der Waals surface area (Å²) >= 11 is 0. The maximum Gasteiger partial charge on any atom is 0.327 e. The number of carbonyl (C=O) groups is 4. The van der Waals surface area contributed by atoms with Crippen molar-refractivity contribution in [3.05, 3.63) is 29.8 Å². The Bertz CT molecular complexity index is 839. The van der Waals surface area contributed by atoms with Crippen molar-refractivity contribution in [2.75, 3.05) is 19.7 Å². The Morgan fingerprint density at radius 3 is 2.72 bits per heavy atom. The third-order valence-electron chi connectivity index (χ3n) is 4.91. The van der Waals surface area contributed by atoms with Crippen LogP contribution in [0.1, 0.15) is 32.8 Å². The van der Waals surface area contributed by atoms with Crippen molar-refractivity contribution >= 4 is 23.8 Å². The number of amides is 4. The van der Waals surface area contributed by atoms with Gasteiger partial charge in [-0.1, -0.05) is 32.0 Å². The van der Waals surface area contributed by atoms with E-state index in [-0.39, 0.29) is 18.9 Å². The summed E-state index contributed by atoms with van der Waals surface area (Å²) in [4.78, 5) is 50.6. The van der Waals surface area contributed by atoms with E-state index in [1.165, 1.54) is 6.92 Å². The van der Waals surface area contributed by atoms with Crippen LogP contribution in [0.25, 0.3) is 0 Å². The Hall–Kier alpha value is -3.10. The lowest BCUT2D eigenvalue weighted by Gasteiger charge is -2.33. The number of hydrogen-bond acceptors (Lipinski definition) is 6. The first kappa shape index (κ1) is 20.6. The molecule has 0 bridgehead atoms. The molecule has 1 aromatic rings. The van der Waals surface area contributed by atoms with Crippen LogP contribution >= 0.6 is 0 Å². The van der Waals surface area contributed by atoms with Gasteiger partial charge in [-0.15, -0.1) is 0 Å². The Balaban J connectivity index is 1.67. The summed E-state index contributed by atoms with van der Waals surface area (Å²) in [5, 5.41) is 5.38. The third-order valence-corrected chi connectivity index (χ3v) is 4.91. The largest absolute Gasteiger partial charge is 0.493 e. The van der Waals surface area contributed by atoms with Crippen molar-refractivity contribution in [3.63, 3.8) is 0 Å². The quantitative estimate of drug-likeness (QED) is 0.539. The van der Waals surface area contributed by atoms with Crippen molar-refractivity contribution in [2.24, 2.45) is 5.92 Å². The van der Waals surface area contributed by atoms with Gasteiger partial charge in [0.15, 0.2) is 11.6 Å². The van der Waals surface area contributed by atoms with Gasteiger partial charge in [-0.05, 0) is 18.9 Å². The molecule has 9 heteroatoms. The van der Waals surface area contributed by atoms with Crippen LogP contribution in [0.4, 0.5) is 4.79 Å². The number of carbonyl (C=O) groups excluding carboxylic acids is 4. The summed E-state index contributed by atoms with van der Waals surface area (Å²) in [6.07, 6.45) is -0.770.